The molecule has 130 valence electrons. The minimum atomic E-state index is -0.458. The summed E-state index contributed by atoms with van der Waals surface area (Å²) in [6.45, 7) is 0. The molecule has 0 aromatic heterocycles. The van der Waals surface area contributed by atoms with Crippen LogP contribution in [0.15, 0.2) is 72.8 Å². The molecule has 1 aliphatic rings. The van der Waals surface area contributed by atoms with Crippen LogP contribution >= 0.6 is 0 Å². The molecule has 4 rings (SSSR count). The first-order chi connectivity index (χ1) is 12.7. The van der Waals surface area contributed by atoms with Crippen molar-refractivity contribution in [1.29, 1.82) is 0 Å². The summed E-state index contributed by atoms with van der Waals surface area (Å²) < 4.78 is 10.8. The van der Waals surface area contributed by atoms with Gasteiger partial charge in [0.1, 0.15) is 17.4 Å². The van der Waals surface area contributed by atoms with Gasteiger partial charge in [0, 0.05) is 18.4 Å². The zero-order chi connectivity index (χ0) is 18.1. The van der Waals surface area contributed by atoms with Gasteiger partial charge in [0.2, 0.25) is 0 Å². The summed E-state index contributed by atoms with van der Waals surface area (Å²) in [5.41, 5.74) is 3.94. The van der Waals surface area contributed by atoms with Crippen molar-refractivity contribution < 1.29 is 14.3 Å². The van der Waals surface area contributed by atoms with Crippen LogP contribution in [0, 0.1) is 0 Å². The smallest absolute Gasteiger partial charge is 0.323 e. The van der Waals surface area contributed by atoms with Crippen LogP contribution in [-0.4, -0.2) is 20.1 Å². The molecule has 0 atom stereocenters. The number of rotatable bonds is 3. The van der Waals surface area contributed by atoms with Crippen molar-refractivity contribution in [2.75, 3.05) is 19.1 Å². The quantitative estimate of drug-likeness (QED) is 0.517. The second kappa shape index (κ2) is 6.56. The monoisotopic (exact) mass is 345 g/mol. The molecule has 4 heteroatoms. The molecular weight excluding hydrogens is 326 g/mol. The van der Waals surface area contributed by atoms with Crippen molar-refractivity contribution in [3.63, 3.8) is 0 Å². The Bertz CT molecular complexity index is 902. The lowest BCUT2D eigenvalue weighted by Gasteiger charge is -2.34. The maximum absolute atomic E-state index is 13.1. The molecule has 0 aliphatic carbocycles. The number of ether oxygens (including phenoxy) is 2. The van der Waals surface area contributed by atoms with E-state index < -0.39 is 5.92 Å². The summed E-state index contributed by atoms with van der Waals surface area (Å²) in [6.07, 6.45) is 0. The number of carbonyl (C=O) groups is 1. The first-order valence-corrected chi connectivity index (χ1v) is 8.46. The fourth-order valence-electron chi connectivity index (χ4n) is 3.44. The van der Waals surface area contributed by atoms with Crippen molar-refractivity contribution >= 4 is 17.3 Å². The van der Waals surface area contributed by atoms with Crippen LogP contribution in [0.2, 0.25) is 0 Å². The predicted molar refractivity (Wildman–Crippen MR) is 101 cm³/mol. The van der Waals surface area contributed by atoms with Crippen LogP contribution in [0.25, 0.3) is 0 Å². The first kappa shape index (κ1) is 16.2. The van der Waals surface area contributed by atoms with E-state index in [4.69, 9.17) is 9.47 Å². The van der Waals surface area contributed by atoms with E-state index in [-0.39, 0.29) is 5.97 Å². The lowest BCUT2D eigenvalue weighted by Crippen LogP contribution is -2.28. The number of para-hydroxylation sites is 2. The predicted octanol–water partition coefficient (Wildman–Crippen LogP) is 4.51. The Morgan fingerprint density at radius 2 is 1.31 bits per heavy atom. The second-order valence-electron chi connectivity index (χ2n) is 6.21. The molecule has 4 nitrogen and oxygen atoms in total. The van der Waals surface area contributed by atoms with E-state index in [0.29, 0.717) is 5.75 Å². The van der Waals surface area contributed by atoms with Gasteiger partial charge < -0.3 is 14.4 Å². The molecule has 0 N–H and O–H groups in total. The maximum atomic E-state index is 13.1. The molecule has 0 saturated carbocycles. The highest BCUT2D eigenvalue weighted by atomic mass is 16.5. The molecule has 1 heterocycles. The number of anilines is 2. The molecule has 0 spiro atoms. The van der Waals surface area contributed by atoms with Crippen molar-refractivity contribution in [3.05, 3.63) is 83.9 Å². The zero-order valence-electron chi connectivity index (χ0n) is 14.7. The number of carbonyl (C=O) groups excluding carboxylic acids is 1. The van der Waals surface area contributed by atoms with Gasteiger partial charge in [-0.15, -0.1) is 0 Å². The van der Waals surface area contributed by atoms with E-state index in [1.807, 2.05) is 55.6 Å². The summed E-state index contributed by atoms with van der Waals surface area (Å²) in [5, 5.41) is 0. The largest absolute Gasteiger partial charge is 0.497 e. The van der Waals surface area contributed by atoms with Gasteiger partial charge in [0.15, 0.2) is 0 Å². The van der Waals surface area contributed by atoms with Crippen molar-refractivity contribution in [1.82, 2.24) is 0 Å². The Balaban J connectivity index is 1.73. The lowest BCUT2D eigenvalue weighted by molar-refractivity contribution is -0.135. The van der Waals surface area contributed by atoms with Gasteiger partial charge in [-0.3, -0.25) is 4.79 Å². The number of nitrogens with zero attached hydrogens (tertiary/aromatic N) is 1. The fourth-order valence-corrected chi connectivity index (χ4v) is 3.44. The summed E-state index contributed by atoms with van der Waals surface area (Å²) in [5.74, 6) is 0.480. The Kier molecular flexibility index (Phi) is 4.09. The van der Waals surface area contributed by atoms with Gasteiger partial charge in [0.05, 0.1) is 7.11 Å². The molecule has 0 saturated heterocycles. The van der Waals surface area contributed by atoms with E-state index in [1.54, 1.807) is 31.4 Å². The van der Waals surface area contributed by atoms with Gasteiger partial charge in [-0.05, 0) is 47.5 Å². The number of benzene rings is 3. The Hall–Kier alpha value is -3.27. The molecule has 0 radical (unpaired) electrons. The summed E-state index contributed by atoms with van der Waals surface area (Å²) in [4.78, 5) is 15.2. The Morgan fingerprint density at radius 3 is 1.85 bits per heavy atom. The number of methoxy groups -OCH3 is 1. The Morgan fingerprint density at radius 1 is 0.808 bits per heavy atom. The summed E-state index contributed by atoms with van der Waals surface area (Å²) in [6, 6.07) is 22.9. The average molecular weight is 345 g/mol. The second-order valence-corrected chi connectivity index (χ2v) is 6.21. The van der Waals surface area contributed by atoms with Crippen LogP contribution in [0.1, 0.15) is 17.0 Å². The van der Waals surface area contributed by atoms with Crippen LogP contribution < -0.4 is 14.4 Å². The van der Waals surface area contributed by atoms with Crippen LogP contribution in [0.3, 0.4) is 0 Å². The molecular formula is C22H19NO3. The highest BCUT2D eigenvalue weighted by molar-refractivity contribution is 5.92. The summed E-state index contributed by atoms with van der Waals surface area (Å²) >= 11 is 0. The first-order valence-electron chi connectivity index (χ1n) is 8.46. The molecule has 3 aromatic carbocycles. The minimum Gasteiger partial charge on any atom is -0.497 e. The van der Waals surface area contributed by atoms with Crippen molar-refractivity contribution in [2.45, 2.75) is 5.92 Å². The van der Waals surface area contributed by atoms with Crippen molar-refractivity contribution in [3.8, 4) is 11.5 Å². The number of hydrogen-bond donors (Lipinski definition) is 0. The summed E-state index contributed by atoms with van der Waals surface area (Å²) in [7, 11) is 3.62. The Labute approximate surface area is 152 Å². The lowest BCUT2D eigenvalue weighted by atomic mass is 9.85. The molecule has 3 aromatic rings. The SMILES string of the molecule is COc1ccc(OC(=O)C2c3ccccc3N(C)c3ccccc32)cc1. The van der Waals surface area contributed by atoms with Crippen LogP contribution in [-0.2, 0) is 4.79 Å². The van der Waals surface area contributed by atoms with Gasteiger partial charge >= 0.3 is 5.97 Å². The normalized spacial score (nSPS) is 12.9. The third kappa shape index (κ3) is 2.69. The van der Waals surface area contributed by atoms with E-state index in [0.717, 1.165) is 28.3 Å². The van der Waals surface area contributed by atoms with E-state index in [9.17, 15) is 4.79 Å². The van der Waals surface area contributed by atoms with E-state index in [1.165, 1.54) is 0 Å². The molecule has 0 fully saturated rings. The van der Waals surface area contributed by atoms with Gasteiger partial charge in [-0.1, -0.05) is 36.4 Å². The van der Waals surface area contributed by atoms with Crippen molar-refractivity contribution in [2.24, 2.45) is 0 Å². The topological polar surface area (TPSA) is 38.8 Å². The number of hydrogen-bond acceptors (Lipinski definition) is 4. The minimum absolute atomic E-state index is 0.289. The molecule has 0 amide bonds. The van der Waals surface area contributed by atoms with Crippen LogP contribution in [0.4, 0.5) is 11.4 Å². The molecule has 0 unspecified atom stereocenters. The number of fused-ring (bicyclic) bond motifs is 2. The molecule has 1 aliphatic heterocycles. The fraction of sp³-hybridized carbons (Fsp3) is 0.136. The third-order valence-electron chi connectivity index (χ3n) is 4.73. The third-order valence-corrected chi connectivity index (χ3v) is 4.73. The molecule has 0 bridgehead atoms. The van der Waals surface area contributed by atoms with Gasteiger partial charge in [-0.2, -0.15) is 0 Å². The average Bonchev–Trinajstić information content (AvgIpc) is 2.69. The van der Waals surface area contributed by atoms with E-state index >= 15 is 0 Å². The highest BCUT2D eigenvalue weighted by Crippen LogP contribution is 2.44. The standard InChI is InChI=1S/C22H19NO3/c1-23-19-9-5-3-7-17(19)21(18-8-4-6-10-20(18)23)22(24)26-16-13-11-15(25-2)12-14-16/h3-14,21H,1-2H3. The zero-order valence-corrected chi connectivity index (χ0v) is 14.7. The molecule has 26 heavy (non-hydrogen) atoms. The highest BCUT2D eigenvalue weighted by Gasteiger charge is 2.34. The van der Waals surface area contributed by atoms with Gasteiger partial charge in [0.25, 0.3) is 0 Å². The van der Waals surface area contributed by atoms with Crippen LogP contribution in [0.5, 0.6) is 11.5 Å². The number of esters is 1. The maximum Gasteiger partial charge on any atom is 0.323 e. The van der Waals surface area contributed by atoms with Gasteiger partial charge in [-0.25, -0.2) is 0 Å². The van der Waals surface area contributed by atoms with E-state index in [2.05, 4.69) is 4.90 Å².